The Morgan fingerprint density at radius 1 is 1.43 bits per heavy atom. The highest BCUT2D eigenvalue weighted by atomic mass is 15.2. The van der Waals surface area contributed by atoms with Crippen LogP contribution in [0.15, 0.2) is 48.6 Å². The first-order chi connectivity index (χ1) is 11.1. The summed E-state index contributed by atoms with van der Waals surface area (Å²) >= 11 is 0. The van der Waals surface area contributed by atoms with Gasteiger partial charge in [0.2, 0.25) is 0 Å². The van der Waals surface area contributed by atoms with Crippen molar-refractivity contribution in [3.63, 3.8) is 0 Å². The number of pyridine rings is 1. The minimum Gasteiger partial charge on any atom is -0.384 e. The maximum atomic E-state index is 5.86. The summed E-state index contributed by atoms with van der Waals surface area (Å²) in [4.78, 5) is 6.78. The van der Waals surface area contributed by atoms with Gasteiger partial charge < -0.3 is 16.0 Å². The molecule has 1 aliphatic heterocycles. The van der Waals surface area contributed by atoms with Gasteiger partial charge in [-0.15, -0.1) is 0 Å². The maximum absolute atomic E-state index is 5.86. The van der Waals surface area contributed by atoms with Gasteiger partial charge in [0.1, 0.15) is 11.6 Å². The number of hydrogen-bond donors (Lipinski definition) is 2. The van der Waals surface area contributed by atoms with Crippen molar-refractivity contribution in [1.29, 1.82) is 0 Å². The van der Waals surface area contributed by atoms with E-state index < -0.39 is 0 Å². The Morgan fingerprint density at radius 3 is 2.78 bits per heavy atom. The Kier molecular flexibility index (Phi) is 6.41. The zero-order chi connectivity index (χ0) is 16.7. The molecule has 2 heterocycles. The first kappa shape index (κ1) is 17.3. The lowest BCUT2D eigenvalue weighted by molar-refractivity contribution is 0.427. The Balaban J connectivity index is 1.85. The van der Waals surface area contributed by atoms with Crippen LogP contribution in [0.1, 0.15) is 25.3 Å². The molecule has 0 saturated carbocycles. The van der Waals surface area contributed by atoms with Gasteiger partial charge in [-0.25, -0.2) is 4.98 Å². The van der Waals surface area contributed by atoms with E-state index in [4.69, 9.17) is 5.73 Å². The number of hydrogen-bond acceptors (Lipinski definition) is 4. The summed E-state index contributed by atoms with van der Waals surface area (Å²) in [6.07, 6.45) is 10.3. The molecule has 23 heavy (non-hydrogen) atoms. The van der Waals surface area contributed by atoms with Crippen LogP contribution < -0.4 is 16.0 Å². The van der Waals surface area contributed by atoms with Crippen molar-refractivity contribution in [2.75, 3.05) is 30.3 Å². The lowest BCUT2D eigenvalue weighted by Crippen LogP contribution is -2.43. The number of piperidine rings is 1. The van der Waals surface area contributed by atoms with Gasteiger partial charge in [0.25, 0.3) is 0 Å². The number of nitrogens with one attached hydrogen (secondary N) is 1. The standard InChI is InChI=1S/C19H28N4/c1-4-6-7-16(5-2)14-21-17-8-10-23(11-9-17)19-13-15(3)12-18(20)22-19/h4-7,12-13,17,21H,2,8-11,14H2,1,3H3,(H2,20,22)/b6-4-,16-7+. The molecule has 1 aromatic rings. The van der Waals surface area contributed by atoms with Gasteiger partial charge >= 0.3 is 0 Å². The van der Waals surface area contributed by atoms with Crippen molar-refractivity contribution >= 4 is 11.6 Å². The molecule has 0 spiro atoms. The van der Waals surface area contributed by atoms with Crippen LogP contribution in [0.4, 0.5) is 11.6 Å². The Labute approximate surface area is 139 Å². The van der Waals surface area contributed by atoms with E-state index in [0.29, 0.717) is 11.9 Å². The van der Waals surface area contributed by atoms with Gasteiger partial charge in [-0.1, -0.05) is 30.9 Å². The molecule has 3 N–H and O–H groups in total. The fourth-order valence-corrected chi connectivity index (χ4v) is 2.83. The molecule has 2 rings (SSSR count). The van der Waals surface area contributed by atoms with Crippen LogP contribution in [0.5, 0.6) is 0 Å². The van der Waals surface area contributed by atoms with E-state index in [2.05, 4.69) is 46.9 Å². The highest BCUT2D eigenvalue weighted by Crippen LogP contribution is 2.20. The summed E-state index contributed by atoms with van der Waals surface area (Å²) in [6.45, 7) is 10.8. The molecule has 0 aliphatic carbocycles. The number of allylic oxidation sites excluding steroid dienone is 3. The minimum atomic E-state index is 0.544. The highest BCUT2D eigenvalue weighted by Gasteiger charge is 2.20. The number of aryl methyl sites for hydroxylation is 1. The van der Waals surface area contributed by atoms with Crippen molar-refractivity contribution in [2.24, 2.45) is 0 Å². The maximum Gasteiger partial charge on any atom is 0.131 e. The van der Waals surface area contributed by atoms with Crippen LogP contribution in [-0.4, -0.2) is 30.7 Å². The summed E-state index contributed by atoms with van der Waals surface area (Å²) in [7, 11) is 0. The first-order valence-electron chi connectivity index (χ1n) is 8.29. The molecule has 1 aromatic heterocycles. The fourth-order valence-electron chi connectivity index (χ4n) is 2.83. The van der Waals surface area contributed by atoms with E-state index in [1.165, 1.54) is 5.57 Å². The molecule has 0 radical (unpaired) electrons. The van der Waals surface area contributed by atoms with Gasteiger partial charge in [-0.05, 0) is 50.0 Å². The fraction of sp³-hybridized carbons (Fsp3) is 0.421. The Morgan fingerprint density at radius 2 is 2.17 bits per heavy atom. The summed E-state index contributed by atoms with van der Waals surface area (Å²) in [6, 6.07) is 4.56. The van der Waals surface area contributed by atoms with Gasteiger partial charge in [0, 0.05) is 25.7 Å². The number of rotatable bonds is 6. The molecule has 0 bridgehead atoms. The molecule has 4 heteroatoms. The molecule has 0 amide bonds. The number of anilines is 2. The number of nitrogens with two attached hydrogens (primary N) is 1. The molecule has 1 fully saturated rings. The second-order valence-corrected chi connectivity index (χ2v) is 6.04. The van der Waals surface area contributed by atoms with Gasteiger partial charge in [0.05, 0.1) is 0 Å². The van der Waals surface area contributed by atoms with E-state index in [0.717, 1.165) is 43.9 Å². The van der Waals surface area contributed by atoms with E-state index in [1.807, 2.05) is 25.1 Å². The number of aromatic nitrogens is 1. The zero-order valence-electron chi connectivity index (χ0n) is 14.3. The monoisotopic (exact) mass is 312 g/mol. The zero-order valence-corrected chi connectivity index (χ0v) is 14.3. The summed E-state index contributed by atoms with van der Waals surface area (Å²) in [5, 5.41) is 3.63. The average molecular weight is 312 g/mol. The molecule has 0 unspecified atom stereocenters. The predicted molar refractivity (Wildman–Crippen MR) is 99.7 cm³/mol. The second-order valence-electron chi connectivity index (χ2n) is 6.04. The minimum absolute atomic E-state index is 0.544. The highest BCUT2D eigenvalue weighted by molar-refractivity contribution is 5.48. The third-order valence-electron chi connectivity index (χ3n) is 4.15. The first-order valence-corrected chi connectivity index (χ1v) is 8.29. The quantitative estimate of drug-likeness (QED) is 0.792. The lowest BCUT2D eigenvalue weighted by atomic mass is 10.0. The van der Waals surface area contributed by atoms with E-state index in [1.54, 1.807) is 0 Å². The summed E-state index contributed by atoms with van der Waals surface area (Å²) < 4.78 is 0. The molecule has 1 aliphatic rings. The number of nitrogens with zero attached hydrogens (tertiary/aromatic N) is 2. The van der Waals surface area contributed by atoms with Crippen molar-refractivity contribution in [1.82, 2.24) is 10.3 Å². The molecular formula is C19H28N4. The average Bonchev–Trinajstić information content (AvgIpc) is 2.54. The van der Waals surface area contributed by atoms with E-state index in [9.17, 15) is 0 Å². The van der Waals surface area contributed by atoms with Crippen molar-refractivity contribution in [3.8, 4) is 0 Å². The molecule has 124 valence electrons. The van der Waals surface area contributed by atoms with Crippen LogP contribution in [0.2, 0.25) is 0 Å². The predicted octanol–water partition coefficient (Wildman–Crippen LogP) is 3.22. The van der Waals surface area contributed by atoms with Crippen molar-refractivity contribution in [3.05, 3.63) is 54.2 Å². The van der Waals surface area contributed by atoms with Crippen LogP contribution in [-0.2, 0) is 0 Å². The number of nitrogen functional groups attached to an aromatic ring is 1. The SMILES string of the molecule is C=C/C(=C\C=C/C)CNC1CCN(c2cc(C)cc(N)n2)CC1. The van der Waals surface area contributed by atoms with Crippen molar-refractivity contribution in [2.45, 2.75) is 32.7 Å². The smallest absolute Gasteiger partial charge is 0.131 e. The van der Waals surface area contributed by atoms with Crippen LogP contribution in [0, 0.1) is 6.92 Å². The Hall–Kier alpha value is -2.07. The lowest BCUT2D eigenvalue weighted by Gasteiger charge is -2.33. The van der Waals surface area contributed by atoms with Gasteiger partial charge in [0.15, 0.2) is 0 Å². The largest absolute Gasteiger partial charge is 0.384 e. The Bertz CT molecular complexity index is 561. The molecule has 0 atom stereocenters. The van der Waals surface area contributed by atoms with Gasteiger partial charge in [-0.3, -0.25) is 0 Å². The molecular weight excluding hydrogens is 284 g/mol. The third-order valence-corrected chi connectivity index (χ3v) is 4.15. The van der Waals surface area contributed by atoms with E-state index >= 15 is 0 Å². The molecule has 1 saturated heterocycles. The third kappa shape index (κ3) is 5.25. The molecule has 4 nitrogen and oxygen atoms in total. The van der Waals surface area contributed by atoms with Crippen molar-refractivity contribution < 1.29 is 0 Å². The van der Waals surface area contributed by atoms with Crippen LogP contribution in [0.3, 0.4) is 0 Å². The topological polar surface area (TPSA) is 54.2 Å². The second kappa shape index (κ2) is 8.53. The van der Waals surface area contributed by atoms with E-state index in [-0.39, 0.29) is 0 Å². The summed E-state index contributed by atoms with van der Waals surface area (Å²) in [5.74, 6) is 1.60. The van der Waals surface area contributed by atoms with Crippen LogP contribution >= 0.6 is 0 Å². The summed E-state index contributed by atoms with van der Waals surface area (Å²) in [5.41, 5.74) is 8.24. The molecule has 0 aromatic carbocycles. The van der Waals surface area contributed by atoms with Crippen LogP contribution in [0.25, 0.3) is 0 Å². The van der Waals surface area contributed by atoms with Gasteiger partial charge in [-0.2, -0.15) is 0 Å². The normalized spacial score (nSPS) is 17.0.